The molecule has 2 aromatic rings. The molecule has 0 radical (unpaired) electrons. The van der Waals surface area contributed by atoms with Crippen LogP contribution in [0.5, 0.6) is 11.5 Å². The lowest BCUT2D eigenvalue weighted by molar-refractivity contribution is -0.0361. The number of carbonyl (C=O) groups is 1. The normalized spacial score (nSPS) is 26.5. The lowest BCUT2D eigenvalue weighted by Crippen LogP contribution is -2.53. The van der Waals surface area contributed by atoms with E-state index >= 15 is 0 Å². The Kier molecular flexibility index (Phi) is 6.67. The van der Waals surface area contributed by atoms with E-state index in [-0.39, 0.29) is 23.7 Å². The molecule has 3 fully saturated rings. The molecular formula is C29H38N2O4. The highest BCUT2D eigenvalue weighted by atomic mass is 16.6. The van der Waals surface area contributed by atoms with Crippen LogP contribution in [0, 0.1) is 17.3 Å². The van der Waals surface area contributed by atoms with Gasteiger partial charge in [-0.3, -0.25) is 4.90 Å². The van der Waals surface area contributed by atoms with Crippen molar-refractivity contribution in [2.24, 2.45) is 17.3 Å². The van der Waals surface area contributed by atoms with Gasteiger partial charge in [0.15, 0.2) is 0 Å². The minimum absolute atomic E-state index is 0.00483. The van der Waals surface area contributed by atoms with Crippen LogP contribution in [0.2, 0.25) is 0 Å². The molecule has 3 saturated heterocycles. The standard InChI is InChI=1S/C29H38N2O4/c1-19(2)17-33-23-8-5-20(6-9-23)22-7-10-24-25(15-22)34-18-29(3,4)27(24)30-28(32)35-26-16-31-13-11-21(26)12-14-31/h5-10,15,19,21,26-27H,11-14,16-18H2,1-4H3,(H,30,32)/t26-,27?/m1/s1. The zero-order valence-corrected chi connectivity index (χ0v) is 21.4. The maximum absolute atomic E-state index is 13.0. The first kappa shape index (κ1) is 24.0. The molecule has 4 aliphatic rings. The Morgan fingerprint density at radius 1 is 1.11 bits per heavy atom. The Bertz CT molecular complexity index is 1040. The Morgan fingerprint density at radius 2 is 1.83 bits per heavy atom. The summed E-state index contributed by atoms with van der Waals surface area (Å²) in [5.74, 6) is 2.68. The second kappa shape index (κ2) is 9.73. The van der Waals surface area contributed by atoms with Gasteiger partial charge in [-0.15, -0.1) is 0 Å². The Hall–Kier alpha value is -2.73. The summed E-state index contributed by atoms with van der Waals surface area (Å²) < 4.78 is 17.9. The van der Waals surface area contributed by atoms with Crippen LogP contribution in [-0.2, 0) is 4.74 Å². The van der Waals surface area contributed by atoms with Gasteiger partial charge in [-0.2, -0.15) is 0 Å². The highest BCUT2D eigenvalue weighted by Gasteiger charge is 2.41. The van der Waals surface area contributed by atoms with Crippen LogP contribution < -0.4 is 14.8 Å². The number of benzene rings is 2. The molecule has 2 aromatic carbocycles. The number of piperidine rings is 3. The minimum Gasteiger partial charge on any atom is -0.493 e. The summed E-state index contributed by atoms with van der Waals surface area (Å²) in [6.45, 7) is 12.9. The fourth-order valence-electron chi connectivity index (χ4n) is 5.46. The molecule has 0 spiro atoms. The van der Waals surface area contributed by atoms with Crippen molar-refractivity contribution in [3.8, 4) is 22.6 Å². The molecule has 2 atom stereocenters. The second-order valence-electron chi connectivity index (χ2n) is 11.4. The van der Waals surface area contributed by atoms with Crippen LogP contribution in [0.1, 0.15) is 52.1 Å². The number of alkyl carbamates (subject to hydrolysis) is 1. The van der Waals surface area contributed by atoms with E-state index in [1.807, 2.05) is 12.1 Å². The number of ether oxygens (including phenoxy) is 3. The monoisotopic (exact) mass is 478 g/mol. The van der Waals surface area contributed by atoms with Gasteiger partial charge in [-0.1, -0.05) is 52.0 Å². The summed E-state index contributed by atoms with van der Waals surface area (Å²) in [6, 6.07) is 14.2. The van der Waals surface area contributed by atoms with Crippen LogP contribution in [0.4, 0.5) is 4.79 Å². The Balaban J connectivity index is 1.29. The number of carbonyl (C=O) groups excluding carboxylic acids is 1. The van der Waals surface area contributed by atoms with Gasteiger partial charge in [0.05, 0.1) is 19.3 Å². The number of rotatable bonds is 6. The van der Waals surface area contributed by atoms with Gasteiger partial charge >= 0.3 is 6.09 Å². The van der Waals surface area contributed by atoms with Gasteiger partial charge in [0.25, 0.3) is 0 Å². The van der Waals surface area contributed by atoms with E-state index in [9.17, 15) is 4.79 Å². The molecule has 1 unspecified atom stereocenters. The fraction of sp³-hybridized carbons (Fsp3) is 0.552. The molecule has 0 aliphatic carbocycles. The quantitative estimate of drug-likeness (QED) is 0.580. The molecule has 6 rings (SSSR count). The third-order valence-electron chi connectivity index (χ3n) is 7.59. The van der Waals surface area contributed by atoms with Crippen molar-refractivity contribution >= 4 is 6.09 Å². The van der Waals surface area contributed by atoms with Gasteiger partial charge in [-0.05, 0) is 67.1 Å². The summed E-state index contributed by atoms with van der Waals surface area (Å²) in [5.41, 5.74) is 2.92. The summed E-state index contributed by atoms with van der Waals surface area (Å²) in [6.07, 6.45) is 1.92. The van der Waals surface area contributed by atoms with Crippen LogP contribution in [-0.4, -0.2) is 49.9 Å². The fourth-order valence-corrected chi connectivity index (χ4v) is 5.46. The summed E-state index contributed by atoms with van der Waals surface area (Å²) in [5, 5.41) is 3.19. The average Bonchev–Trinajstić information content (AvgIpc) is 2.85. The first-order valence-corrected chi connectivity index (χ1v) is 13.0. The molecule has 188 valence electrons. The van der Waals surface area contributed by atoms with Crippen LogP contribution in [0.3, 0.4) is 0 Å². The van der Waals surface area contributed by atoms with Crippen LogP contribution in [0.25, 0.3) is 11.1 Å². The highest BCUT2D eigenvalue weighted by molar-refractivity contribution is 5.70. The van der Waals surface area contributed by atoms with Gasteiger partial charge in [-0.25, -0.2) is 4.79 Å². The van der Waals surface area contributed by atoms with Crippen molar-refractivity contribution in [1.82, 2.24) is 10.2 Å². The van der Waals surface area contributed by atoms with E-state index in [0.717, 1.165) is 60.7 Å². The molecule has 1 amide bonds. The Morgan fingerprint density at radius 3 is 2.49 bits per heavy atom. The van der Waals surface area contributed by atoms with E-state index in [4.69, 9.17) is 14.2 Å². The molecular weight excluding hydrogens is 440 g/mol. The maximum atomic E-state index is 13.0. The highest BCUT2D eigenvalue weighted by Crippen LogP contribution is 2.44. The zero-order valence-electron chi connectivity index (χ0n) is 21.4. The molecule has 0 saturated carbocycles. The molecule has 4 heterocycles. The van der Waals surface area contributed by atoms with Gasteiger partial charge in [0.1, 0.15) is 17.6 Å². The second-order valence-corrected chi connectivity index (χ2v) is 11.4. The third kappa shape index (κ3) is 5.27. The third-order valence-corrected chi connectivity index (χ3v) is 7.59. The largest absolute Gasteiger partial charge is 0.493 e. The van der Waals surface area contributed by atoms with Gasteiger partial charge in [0, 0.05) is 17.5 Å². The predicted octanol–water partition coefficient (Wildman–Crippen LogP) is 5.67. The van der Waals surface area contributed by atoms with Crippen LogP contribution in [0.15, 0.2) is 42.5 Å². The predicted molar refractivity (Wildman–Crippen MR) is 137 cm³/mol. The number of hydrogen-bond donors (Lipinski definition) is 1. The number of nitrogens with zero attached hydrogens (tertiary/aromatic N) is 1. The lowest BCUT2D eigenvalue weighted by Gasteiger charge is -2.44. The summed E-state index contributed by atoms with van der Waals surface area (Å²) in [7, 11) is 0. The molecule has 4 aliphatic heterocycles. The molecule has 0 aromatic heterocycles. The Labute approximate surface area is 208 Å². The number of nitrogens with one attached hydrogen (secondary N) is 1. The SMILES string of the molecule is CC(C)COc1ccc(-c2ccc3c(c2)OCC(C)(C)C3NC(=O)O[C@@H]2CN3CCC2CC3)cc1. The van der Waals surface area contributed by atoms with Gasteiger partial charge in [0.2, 0.25) is 0 Å². The van der Waals surface area contributed by atoms with Crippen molar-refractivity contribution in [2.75, 3.05) is 32.8 Å². The van der Waals surface area contributed by atoms with Crippen molar-refractivity contribution in [1.29, 1.82) is 0 Å². The summed E-state index contributed by atoms with van der Waals surface area (Å²) >= 11 is 0. The molecule has 2 bridgehead atoms. The molecule has 1 N–H and O–H groups in total. The van der Waals surface area contributed by atoms with Crippen LogP contribution >= 0.6 is 0 Å². The number of fused-ring (bicyclic) bond motifs is 4. The number of amides is 1. The maximum Gasteiger partial charge on any atom is 0.407 e. The van der Waals surface area contributed by atoms with Crippen molar-refractivity contribution in [2.45, 2.75) is 52.7 Å². The van der Waals surface area contributed by atoms with Gasteiger partial charge < -0.3 is 19.5 Å². The average molecular weight is 479 g/mol. The smallest absolute Gasteiger partial charge is 0.407 e. The zero-order chi connectivity index (χ0) is 24.6. The van der Waals surface area contributed by atoms with E-state index in [1.165, 1.54) is 0 Å². The summed E-state index contributed by atoms with van der Waals surface area (Å²) in [4.78, 5) is 15.4. The van der Waals surface area contributed by atoms with Crippen molar-refractivity contribution in [3.05, 3.63) is 48.0 Å². The molecule has 35 heavy (non-hydrogen) atoms. The van der Waals surface area contributed by atoms with E-state index < -0.39 is 0 Å². The van der Waals surface area contributed by atoms with E-state index in [1.54, 1.807) is 0 Å². The molecule has 6 nitrogen and oxygen atoms in total. The van der Waals surface area contributed by atoms with E-state index in [2.05, 4.69) is 68.2 Å². The van der Waals surface area contributed by atoms with E-state index in [0.29, 0.717) is 25.0 Å². The topological polar surface area (TPSA) is 60.0 Å². The first-order valence-electron chi connectivity index (χ1n) is 13.0. The minimum atomic E-state index is -0.323. The molecule has 6 heteroatoms. The van der Waals surface area contributed by atoms with Crippen molar-refractivity contribution < 1.29 is 19.0 Å². The number of hydrogen-bond acceptors (Lipinski definition) is 5. The van der Waals surface area contributed by atoms with Crippen molar-refractivity contribution in [3.63, 3.8) is 0 Å². The lowest BCUT2D eigenvalue weighted by atomic mass is 9.78. The first-order chi connectivity index (χ1) is 16.8.